The van der Waals surface area contributed by atoms with Gasteiger partial charge in [0, 0.05) is 0 Å². The maximum Gasteiger partial charge on any atom is 0.338 e. The smallest absolute Gasteiger partial charge is 0.338 e. The molecule has 0 saturated carbocycles. The zero-order chi connectivity index (χ0) is 23.3. The van der Waals surface area contributed by atoms with Crippen LogP contribution in [0.4, 0.5) is 0 Å². The van der Waals surface area contributed by atoms with Crippen LogP contribution in [-0.4, -0.2) is 92.7 Å². The van der Waals surface area contributed by atoms with E-state index in [0.717, 1.165) is 0 Å². The van der Waals surface area contributed by atoms with E-state index in [-0.39, 0.29) is 24.5 Å². The highest BCUT2D eigenvalue weighted by molar-refractivity contribution is 5.75. The molecule has 0 spiro atoms. The molecule has 0 bridgehead atoms. The van der Waals surface area contributed by atoms with Gasteiger partial charge in [-0.2, -0.15) is 0 Å². The van der Waals surface area contributed by atoms with E-state index in [1.54, 1.807) is 6.92 Å². The number of ether oxygens (including phenoxy) is 4. The normalized spacial score (nSPS) is 29.0. The minimum atomic E-state index is -1.70. The standard InChI is InChI=1S/C20H30O11/c1-4-20(2,27)17(25)18(26)29-9-10-5-6-11(12(7-10)28-3)30-19-16(24)15(23)14(22)13(8-21)31-19/h5-7,13-17,19,21-25,27H,4,8-9H2,1-3H3/t13-,14-,15+,16-,17-,19+,20-/m1/s1. The summed E-state index contributed by atoms with van der Waals surface area (Å²) in [7, 11) is 1.35. The molecule has 1 saturated heterocycles. The Labute approximate surface area is 179 Å². The number of rotatable bonds is 9. The van der Waals surface area contributed by atoms with Gasteiger partial charge in [0.05, 0.1) is 19.3 Å². The third kappa shape index (κ3) is 5.83. The van der Waals surface area contributed by atoms with Crippen LogP contribution in [0.15, 0.2) is 18.2 Å². The summed E-state index contributed by atoms with van der Waals surface area (Å²) in [5.74, 6) is -0.671. The molecule has 11 nitrogen and oxygen atoms in total. The first-order chi connectivity index (χ1) is 14.5. The number of aliphatic hydroxyl groups excluding tert-OH is 5. The van der Waals surface area contributed by atoms with Crippen LogP contribution in [0.2, 0.25) is 0 Å². The molecule has 2 rings (SSSR count). The van der Waals surface area contributed by atoms with Gasteiger partial charge in [-0.25, -0.2) is 4.79 Å². The SMILES string of the molecule is CC[C@@](C)(O)[C@H](O)C(=O)OCc1ccc(O[C@H]2O[C@H](CO)[C@@H](O)[C@H](O)[C@H]2O)c(OC)c1. The second-order valence-corrected chi connectivity index (χ2v) is 7.52. The minimum Gasteiger partial charge on any atom is -0.493 e. The third-order valence-corrected chi connectivity index (χ3v) is 5.23. The number of hydrogen-bond acceptors (Lipinski definition) is 11. The van der Waals surface area contributed by atoms with Crippen molar-refractivity contribution in [1.29, 1.82) is 0 Å². The Morgan fingerprint density at radius 1 is 1.19 bits per heavy atom. The molecule has 0 radical (unpaired) electrons. The molecule has 0 aromatic heterocycles. The lowest BCUT2D eigenvalue weighted by molar-refractivity contribution is -0.277. The van der Waals surface area contributed by atoms with E-state index in [9.17, 15) is 35.4 Å². The number of aliphatic hydroxyl groups is 6. The Morgan fingerprint density at radius 2 is 1.87 bits per heavy atom. The Bertz CT molecular complexity index is 736. The number of benzene rings is 1. The lowest BCUT2D eigenvalue weighted by Gasteiger charge is -2.39. The minimum absolute atomic E-state index is 0.121. The Hall–Kier alpha value is -1.99. The molecular formula is C20H30O11. The van der Waals surface area contributed by atoms with Crippen LogP contribution in [0.5, 0.6) is 11.5 Å². The van der Waals surface area contributed by atoms with Crippen molar-refractivity contribution in [2.45, 2.75) is 69.3 Å². The van der Waals surface area contributed by atoms with Gasteiger partial charge < -0.3 is 49.6 Å². The number of carbonyl (C=O) groups is 1. The molecule has 6 N–H and O–H groups in total. The van der Waals surface area contributed by atoms with E-state index in [0.29, 0.717) is 5.56 Å². The molecule has 1 fully saturated rings. The van der Waals surface area contributed by atoms with Gasteiger partial charge in [0.25, 0.3) is 0 Å². The van der Waals surface area contributed by atoms with Gasteiger partial charge in [0.15, 0.2) is 17.6 Å². The Morgan fingerprint density at radius 3 is 2.45 bits per heavy atom. The van der Waals surface area contributed by atoms with Gasteiger partial charge in [0.1, 0.15) is 31.0 Å². The van der Waals surface area contributed by atoms with Crippen LogP contribution in [0, 0.1) is 0 Å². The van der Waals surface area contributed by atoms with Gasteiger partial charge in [-0.05, 0) is 31.0 Å². The van der Waals surface area contributed by atoms with Gasteiger partial charge in [-0.1, -0.05) is 13.0 Å². The van der Waals surface area contributed by atoms with Crippen molar-refractivity contribution in [3.05, 3.63) is 23.8 Å². The van der Waals surface area contributed by atoms with E-state index < -0.39 is 55.0 Å². The van der Waals surface area contributed by atoms with Crippen molar-refractivity contribution in [3.8, 4) is 11.5 Å². The van der Waals surface area contributed by atoms with Crippen LogP contribution in [0.3, 0.4) is 0 Å². The first kappa shape index (κ1) is 25.3. The van der Waals surface area contributed by atoms with Crippen molar-refractivity contribution in [1.82, 2.24) is 0 Å². The Kier molecular flexibility index (Phi) is 8.60. The molecule has 7 atom stereocenters. The predicted molar refractivity (Wildman–Crippen MR) is 104 cm³/mol. The fraction of sp³-hybridized carbons (Fsp3) is 0.650. The second-order valence-electron chi connectivity index (χ2n) is 7.52. The van der Waals surface area contributed by atoms with Crippen molar-refractivity contribution >= 4 is 5.97 Å². The van der Waals surface area contributed by atoms with Gasteiger partial charge in [-0.3, -0.25) is 0 Å². The van der Waals surface area contributed by atoms with E-state index in [4.69, 9.17) is 18.9 Å². The number of hydrogen-bond donors (Lipinski definition) is 6. The lowest BCUT2D eigenvalue weighted by atomic mass is 9.96. The summed E-state index contributed by atoms with van der Waals surface area (Å²) < 4.78 is 21.1. The van der Waals surface area contributed by atoms with E-state index >= 15 is 0 Å². The molecule has 31 heavy (non-hydrogen) atoms. The second kappa shape index (κ2) is 10.6. The largest absolute Gasteiger partial charge is 0.493 e. The summed E-state index contributed by atoms with van der Waals surface area (Å²) in [6.45, 7) is 2.14. The van der Waals surface area contributed by atoms with Gasteiger partial charge >= 0.3 is 5.97 Å². The van der Waals surface area contributed by atoms with Gasteiger partial charge in [0.2, 0.25) is 6.29 Å². The van der Waals surface area contributed by atoms with Crippen LogP contribution in [0.1, 0.15) is 25.8 Å². The molecule has 176 valence electrons. The van der Waals surface area contributed by atoms with E-state index in [2.05, 4.69) is 0 Å². The van der Waals surface area contributed by atoms with E-state index in [1.165, 1.54) is 32.2 Å². The zero-order valence-electron chi connectivity index (χ0n) is 17.5. The summed E-state index contributed by atoms with van der Waals surface area (Å²) in [5.41, 5.74) is -1.13. The topological polar surface area (TPSA) is 175 Å². The van der Waals surface area contributed by atoms with Crippen molar-refractivity contribution in [3.63, 3.8) is 0 Å². The lowest BCUT2D eigenvalue weighted by Crippen LogP contribution is -2.60. The molecule has 11 heteroatoms. The van der Waals surface area contributed by atoms with Gasteiger partial charge in [-0.15, -0.1) is 0 Å². The van der Waals surface area contributed by atoms with Crippen LogP contribution in [0.25, 0.3) is 0 Å². The predicted octanol–water partition coefficient (Wildman–Crippen LogP) is -1.56. The number of methoxy groups -OCH3 is 1. The molecule has 0 aliphatic carbocycles. The average Bonchev–Trinajstić information content (AvgIpc) is 2.77. The Balaban J connectivity index is 2.07. The van der Waals surface area contributed by atoms with E-state index in [1.807, 2.05) is 0 Å². The maximum absolute atomic E-state index is 12.0. The zero-order valence-corrected chi connectivity index (χ0v) is 17.5. The highest BCUT2D eigenvalue weighted by atomic mass is 16.7. The molecule has 1 aliphatic rings. The highest BCUT2D eigenvalue weighted by Gasteiger charge is 2.45. The van der Waals surface area contributed by atoms with Crippen molar-refractivity contribution in [2.24, 2.45) is 0 Å². The maximum atomic E-state index is 12.0. The quantitative estimate of drug-likeness (QED) is 0.242. The van der Waals surface area contributed by atoms with Crippen LogP contribution < -0.4 is 9.47 Å². The molecule has 1 aromatic carbocycles. The summed E-state index contributed by atoms with van der Waals surface area (Å²) in [4.78, 5) is 12.0. The molecule has 1 aromatic rings. The summed E-state index contributed by atoms with van der Waals surface area (Å²) in [6, 6.07) is 4.46. The van der Waals surface area contributed by atoms with Crippen LogP contribution >= 0.6 is 0 Å². The average molecular weight is 446 g/mol. The van der Waals surface area contributed by atoms with Crippen LogP contribution in [-0.2, 0) is 20.9 Å². The molecular weight excluding hydrogens is 416 g/mol. The first-order valence-electron chi connectivity index (χ1n) is 9.76. The molecule has 1 aliphatic heterocycles. The van der Waals surface area contributed by atoms with Crippen molar-refractivity contribution < 1.29 is 54.4 Å². The third-order valence-electron chi connectivity index (χ3n) is 5.23. The number of carbonyl (C=O) groups excluding carboxylic acids is 1. The molecule has 1 heterocycles. The fourth-order valence-electron chi connectivity index (χ4n) is 2.87. The summed E-state index contributed by atoms with van der Waals surface area (Å²) in [5, 5.41) is 58.9. The monoisotopic (exact) mass is 446 g/mol. The van der Waals surface area contributed by atoms with Crippen molar-refractivity contribution in [2.75, 3.05) is 13.7 Å². The summed E-state index contributed by atoms with van der Waals surface area (Å²) >= 11 is 0. The summed E-state index contributed by atoms with van der Waals surface area (Å²) in [6.07, 6.45) is -8.75. The number of esters is 1. The fourth-order valence-corrected chi connectivity index (χ4v) is 2.87. The molecule has 0 amide bonds. The molecule has 0 unspecified atom stereocenters. The first-order valence-corrected chi connectivity index (χ1v) is 9.76. The highest BCUT2D eigenvalue weighted by Crippen LogP contribution is 2.32.